The van der Waals surface area contributed by atoms with Crippen molar-refractivity contribution in [2.24, 2.45) is 0 Å². The van der Waals surface area contributed by atoms with Crippen LogP contribution in [-0.2, 0) is 0 Å². The summed E-state index contributed by atoms with van der Waals surface area (Å²) in [6.07, 6.45) is 7.73. The number of hydrogen-bond donors (Lipinski definition) is 1. The summed E-state index contributed by atoms with van der Waals surface area (Å²) in [7, 11) is 0. The maximum Gasteiger partial charge on any atom is 0.157 e. The fourth-order valence-electron chi connectivity index (χ4n) is 1.13. The van der Waals surface area contributed by atoms with E-state index in [9.17, 15) is 0 Å². The normalized spacial score (nSPS) is 27.8. The number of nitrogens with one attached hydrogen (secondary N) is 1. The number of hydrogen-bond acceptors (Lipinski definition) is 3. The maximum absolute atomic E-state index is 6.02. The van der Waals surface area contributed by atoms with Gasteiger partial charge in [0, 0.05) is 0 Å². The van der Waals surface area contributed by atoms with Gasteiger partial charge in [-0.05, 0) is 10.4 Å². The summed E-state index contributed by atoms with van der Waals surface area (Å²) in [5.74, 6) is 0.766. The van der Waals surface area contributed by atoms with Gasteiger partial charge in [-0.15, -0.1) is 16.7 Å². The van der Waals surface area contributed by atoms with Crippen molar-refractivity contribution in [3.05, 3.63) is 30.1 Å². The van der Waals surface area contributed by atoms with E-state index in [1.807, 2.05) is 24.3 Å². The molecule has 2 atom stereocenters. The molecule has 1 aromatic heterocycles. The van der Waals surface area contributed by atoms with Gasteiger partial charge in [0.15, 0.2) is 5.82 Å². The Morgan fingerprint density at radius 3 is 2.83 bits per heavy atom. The topological polar surface area (TPSA) is 54.5 Å². The van der Waals surface area contributed by atoms with Crippen LogP contribution >= 0.6 is 11.6 Å². The zero-order valence-electron chi connectivity index (χ0n) is 6.18. The Morgan fingerprint density at radius 1 is 1.33 bits per heavy atom. The van der Waals surface area contributed by atoms with Crippen LogP contribution in [0.2, 0.25) is 0 Å². The number of H-pyrrole nitrogens is 1. The monoisotopic (exact) mass is 182 g/mol. The molecule has 0 amide bonds. The number of nitrogens with zero attached hydrogens (tertiary/aromatic N) is 3. The zero-order chi connectivity index (χ0) is 8.39. The van der Waals surface area contributed by atoms with Crippen molar-refractivity contribution in [2.45, 2.75) is 11.3 Å². The van der Waals surface area contributed by atoms with Crippen LogP contribution in [0.15, 0.2) is 24.3 Å². The van der Waals surface area contributed by atoms with Crippen molar-refractivity contribution < 1.29 is 0 Å². The summed E-state index contributed by atoms with van der Waals surface area (Å²) in [6.45, 7) is 0. The molecule has 0 saturated carbocycles. The fraction of sp³-hybridized carbons (Fsp3) is 0.286. The molecule has 0 aliphatic heterocycles. The minimum Gasteiger partial charge on any atom is -0.242 e. The van der Waals surface area contributed by atoms with Crippen LogP contribution < -0.4 is 0 Å². The SMILES string of the molecule is ClC1C=CC=CC1c1nnn[nH]1. The van der Waals surface area contributed by atoms with Crippen LogP contribution in [-0.4, -0.2) is 26.0 Å². The lowest BCUT2D eigenvalue weighted by atomic mass is 10.00. The third-order valence-electron chi connectivity index (χ3n) is 1.75. The van der Waals surface area contributed by atoms with Crippen molar-refractivity contribution >= 4 is 11.6 Å². The second-order valence-electron chi connectivity index (χ2n) is 2.53. The molecule has 2 rings (SSSR count). The van der Waals surface area contributed by atoms with Crippen LogP contribution in [0.4, 0.5) is 0 Å². The van der Waals surface area contributed by atoms with Crippen LogP contribution in [0.3, 0.4) is 0 Å². The van der Waals surface area contributed by atoms with E-state index in [-0.39, 0.29) is 11.3 Å². The lowest BCUT2D eigenvalue weighted by Crippen LogP contribution is -2.11. The highest BCUT2D eigenvalue weighted by molar-refractivity contribution is 6.22. The average molecular weight is 183 g/mol. The lowest BCUT2D eigenvalue weighted by Gasteiger charge is -2.14. The molecule has 0 aromatic carbocycles. The van der Waals surface area contributed by atoms with Gasteiger partial charge in [0.1, 0.15) is 0 Å². The molecular formula is C7H7ClN4. The lowest BCUT2D eigenvalue weighted by molar-refractivity contribution is 0.782. The number of aromatic amines is 1. The van der Waals surface area contributed by atoms with E-state index in [4.69, 9.17) is 11.6 Å². The number of halogens is 1. The van der Waals surface area contributed by atoms with Crippen LogP contribution in [0.25, 0.3) is 0 Å². The summed E-state index contributed by atoms with van der Waals surface area (Å²) < 4.78 is 0. The summed E-state index contributed by atoms with van der Waals surface area (Å²) in [5, 5.41) is 13.4. The Kier molecular flexibility index (Phi) is 1.91. The van der Waals surface area contributed by atoms with E-state index in [1.54, 1.807) is 0 Å². The van der Waals surface area contributed by atoms with Crippen molar-refractivity contribution in [3.8, 4) is 0 Å². The molecule has 0 radical (unpaired) electrons. The molecule has 2 unspecified atom stereocenters. The summed E-state index contributed by atoms with van der Waals surface area (Å²) >= 11 is 6.02. The van der Waals surface area contributed by atoms with Gasteiger partial charge in [0.05, 0.1) is 11.3 Å². The molecule has 1 heterocycles. The van der Waals surface area contributed by atoms with E-state index in [1.165, 1.54) is 0 Å². The first-order chi connectivity index (χ1) is 5.88. The zero-order valence-corrected chi connectivity index (χ0v) is 6.94. The largest absolute Gasteiger partial charge is 0.242 e. The summed E-state index contributed by atoms with van der Waals surface area (Å²) in [6, 6.07) is 0. The Morgan fingerprint density at radius 2 is 2.17 bits per heavy atom. The van der Waals surface area contributed by atoms with Gasteiger partial charge in [0.2, 0.25) is 0 Å². The average Bonchev–Trinajstić information content (AvgIpc) is 2.57. The molecule has 1 aliphatic carbocycles. The quantitative estimate of drug-likeness (QED) is 0.660. The predicted molar refractivity (Wildman–Crippen MR) is 44.8 cm³/mol. The number of tetrazole rings is 1. The van der Waals surface area contributed by atoms with E-state index in [2.05, 4.69) is 20.6 Å². The molecule has 1 N–H and O–H groups in total. The second kappa shape index (κ2) is 3.06. The van der Waals surface area contributed by atoms with Gasteiger partial charge in [-0.2, -0.15) is 0 Å². The molecule has 62 valence electrons. The number of rotatable bonds is 1. The van der Waals surface area contributed by atoms with Crippen molar-refractivity contribution in [1.29, 1.82) is 0 Å². The standard InChI is InChI=1S/C7H7ClN4/c8-6-4-2-1-3-5(6)7-9-11-12-10-7/h1-6H,(H,9,10,11,12). The molecule has 5 heteroatoms. The first-order valence-electron chi connectivity index (χ1n) is 3.60. The molecular weight excluding hydrogens is 176 g/mol. The Labute approximate surface area is 74.3 Å². The minimum absolute atomic E-state index is 0.0617. The molecule has 0 saturated heterocycles. The number of aromatic nitrogens is 4. The number of allylic oxidation sites excluding steroid dienone is 4. The van der Waals surface area contributed by atoms with Crippen LogP contribution in [0.1, 0.15) is 11.7 Å². The minimum atomic E-state index is -0.0650. The van der Waals surface area contributed by atoms with Gasteiger partial charge >= 0.3 is 0 Å². The van der Waals surface area contributed by atoms with Crippen LogP contribution in [0, 0.1) is 0 Å². The molecule has 12 heavy (non-hydrogen) atoms. The Hall–Kier alpha value is -1.16. The molecule has 4 nitrogen and oxygen atoms in total. The molecule has 0 fully saturated rings. The molecule has 1 aliphatic rings. The van der Waals surface area contributed by atoms with Gasteiger partial charge in [0.25, 0.3) is 0 Å². The summed E-state index contributed by atoms with van der Waals surface area (Å²) in [5.41, 5.74) is 0. The Balaban J connectivity index is 2.25. The van der Waals surface area contributed by atoms with Crippen molar-refractivity contribution in [1.82, 2.24) is 20.6 Å². The smallest absolute Gasteiger partial charge is 0.157 e. The van der Waals surface area contributed by atoms with E-state index in [0.29, 0.717) is 5.82 Å². The van der Waals surface area contributed by atoms with Gasteiger partial charge < -0.3 is 0 Å². The third kappa shape index (κ3) is 1.25. The first kappa shape index (κ1) is 7.49. The molecule has 0 bridgehead atoms. The van der Waals surface area contributed by atoms with Gasteiger partial charge in [-0.1, -0.05) is 24.3 Å². The molecule has 1 aromatic rings. The summed E-state index contributed by atoms with van der Waals surface area (Å²) in [4.78, 5) is 0. The third-order valence-corrected chi connectivity index (χ3v) is 2.16. The highest BCUT2D eigenvalue weighted by Gasteiger charge is 2.20. The predicted octanol–water partition coefficient (Wildman–Crippen LogP) is 1.02. The van der Waals surface area contributed by atoms with Gasteiger partial charge in [-0.3, -0.25) is 0 Å². The Bertz CT molecular complexity index is 303. The highest BCUT2D eigenvalue weighted by atomic mass is 35.5. The van der Waals surface area contributed by atoms with Crippen molar-refractivity contribution in [2.75, 3.05) is 0 Å². The van der Waals surface area contributed by atoms with E-state index >= 15 is 0 Å². The van der Waals surface area contributed by atoms with Gasteiger partial charge in [-0.25, -0.2) is 5.10 Å². The molecule has 0 spiro atoms. The van der Waals surface area contributed by atoms with Crippen molar-refractivity contribution in [3.63, 3.8) is 0 Å². The van der Waals surface area contributed by atoms with E-state index < -0.39 is 0 Å². The van der Waals surface area contributed by atoms with E-state index in [0.717, 1.165) is 0 Å². The maximum atomic E-state index is 6.02. The second-order valence-corrected chi connectivity index (χ2v) is 3.03. The number of alkyl halides is 1. The van der Waals surface area contributed by atoms with Crippen LogP contribution in [0.5, 0.6) is 0 Å². The fourth-order valence-corrected chi connectivity index (χ4v) is 1.42. The first-order valence-corrected chi connectivity index (χ1v) is 4.04. The highest BCUT2D eigenvalue weighted by Crippen LogP contribution is 2.25.